The predicted molar refractivity (Wildman–Crippen MR) is 156 cm³/mol. The number of amides is 1. The SMILES string of the molecule is CCOC(=O)C1=C(CN2CC[C@]3(F)CN(CCC(C)(C)C(=O)O)C(=O)[C@H]23)NC(c2nccs2)=N[C@H]1c1cccc(F)c1C. The second-order valence-corrected chi connectivity index (χ2v) is 12.7. The van der Waals surface area contributed by atoms with Gasteiger partial charge in [0.05, 0.1) is 24.1 Å². The number of alkyl halides is 1. The lowest BCUT2D eigenvalue weighted by Crippen LogP contribution is -2.47. The van der Waals surface area contributed by atoms with E-state index in [0.717, 1.165) is 0 Å². The second-order valence-electron chi connectivity index (χ2n) is 11.8. The summed E-state index contributed by atoms with van der Waals surface area (Å²) in [4.78, 5) is 50.9. The van der Waals surface area contributed by atoms with Crippen LogP contribution in [0.15, 0.2) is 46.0 Å². The number of rotatable bonds is 10. The number of carbonyl (C=O) groups excluding carboxylic acids is 2. The monoisotopic (exact) mass is 615 g/mol. The van der Waals surface area contributed by atoms with Gasteiger partial charge in [0.15, 0.2) is 16.5 Å². The number of hydrogen-bond acceptors (Lipinski definition) is 9. The van der Waals surface area contributed by atoms with Gasteiger partial charge < -0.3 is 20.1 Å². The van der Waals surface area contributed by atoms with Crippen molar-refractivity contribution >= 4 is 35.0 Å². The number of carboxylic acids is 1. The molecule has 2 N–H and O–H groups in total. The Morgan fingerprint density at radius 3 is 2.77 bits per heavy atom. The topological polar surface area (TPSA) is 124 Å². The number of hydrogen-bond donors (Lipinski definition) is 2. The third-order valence-corrected chi connectivity index (χ3v) is 9.26. The van der Waals surface area contributed by atoms with Crippen LogP contribution < -0.4 is 5.32 Å². The van der Waals surface area contributed by atoms with Crippen molar-refractivity contribution in [1.29, 1.82) is 0 Å². The van der Waals surface area contributed by atoms with Gasteiger partial charge in [0.25, 0.3) is 0 Å². The molecule has 1 aromatic heterocycles. The number of likely N-dealkylation sites (tertiary alicyclic amines) is 2. The van der Waals surface area contributed by atoms with Gasteiger partial charge in [-0.3, -0.25) is 19.5 Å². The van der Waals surface area contributed by atoms with Crippen LogP contribution in [0.25, 0.3) is 0 Å². The summed E-state index contributed by atoms with van der Waals surface area (Å²) in [7, 11) is 0. The molecule has 10 nitrogen and oxygen atoms in total. The lowest BCUT2D eigenvalue weighted by atomic mass is 9.89. The highest BCUT2D eigenvalue weighted by atomic mass is 32.1. The molecular weight excluding hydrogens is 580 g/mol. The first kappa shape index (κ1) is 30.7. The molecule has 0 spiro atoms. The smallest absolute Gasteiger partial charge is 0.338 e. The molecular formula is C30H35F2N5O5S. The number of fused-ring (bicyclic) bond motifs is 1. The van der Waals surface area contributed by atoms with Crippen LogP contribution in [0.4, 0.5) is 8.78 Å². The molecule has 5 rings (SSSR count). The Bertz CT molecular complexity index is 1490. The van der Waals surface area contributed by atoms with Crippen molar-refractivity contribution in [2.75, 3.05) is 32.8 Å². The summed E-state index contributed by atoms with van der Waals surface area (Å²) >= 11 is 1.33. The normalized spacial score (nSPS) is 24.2. The van der Waals surface area contributed by atoms with Crippen molar-refractivity contribution < 1.29 is 33.0 Å². The zero-order valence-corrected chi connectivity index (χ0v) is 25.3. The standard InChI is InChI=1S/C30H35F2N5O5S/c1-5-42-27(39)21-20(34-24(25-33-11-14-43-25)35-22(21)18-7-6-8-19(31)17(18)2)15-36-13-10-30(32)16-37(26(38)23(30)36)12-9-29(3,4)28(40)41/h6-8,11,14,22-23H,5,9-10,12-13,15-16H2,1-4H3,(H,34,35)(H,40,41)/t22-,23-,30-/m0/s1. The van der Waals surface area contributed by atoms with Gasteiger partial charge in [0.2, 0.25) is 5.91 Å². The molecule has 0 unspecified atom stereocenters. The van der Waals surface area contributed by atoms with Crippen LogP contribution in [0.3, 0.4) is 0 Å². The van der Waals surface area contributed by atoms with Gasteiger partial charge in [-0.2, -0.15) is 0 Å². The fraction of sp³-hybridized carbons (Fsp3) is 0.500. The first-order chi connectivity index (χ1) is 20.4. The quantitative estimate of drug-likeness (QED) is 0.389. The van der Waals surface area contributed by atoms with Crippen LogP contribution in [0.1, 0.15) is 55.8 Å². The van der Waals surface area contributed by atoms with Crippen molar-refractivity contribution in [3.8, 4) is 0 Å². The number of ether oxygens (including phenoxy) is 1. The first-order valence-electron chi connectivity index (χ1n) is 14.2. The molecule has 2 saturated heterocycles. The highest BCUT2D eigenvalue weighted by Crippen LogP contribution is 2.42. The van der Waals surface area contributed by atoms with Crippen LogP contribution in [-0.2, 0) is 19.1 Å². The Morgan fingerprint density at radius 1 is 1.33 bits per heavy atom. The summed E-state index contributed by atoms with van der Waals surface area (Å²) < 4.78 is 36.4. The van der Waals surface area contributed by atoms with Gasteiger partial charge in [0, 0.05) is 36.9 Å². The Balaban J connectivity index is 1.51. The number of esters is 1. The number of aliphatic imine (C=N–C) groups is 1. The van der Waals surface area contributed by atoms with Crippen LogP contribution >= 0.6 is 11.3 Å². The maximum Gasteiger partial charge on any atom is 0.338 e. The average molecular weight is 616 g/mol. The molecule has 0 radical (unpaired) electrons. The van der Waals surface area contributed by atoms with Crippen LogP contribution in [-0.4, -0.2) is 88.1 Å². The summed E-state index contributed by atoms with van der Waals surface area (Å²) in [6.45, 7) is 6.78. The maximum absolute atomic E-state index is 16.3. The van der Waals surface area contributed by atoms with E-state index in [1.807, 2.05) is 0 Å². The number of carbonyl (C=O) groups is 3. The van der Waals surface area contributed by atoms with E-state index >= 15 is 4.39 Å². The molecule has 0 saturated carbocycles. The van der Waals surface area contributed by atoms with Gasteiger partial charge >= 0.3 is 11.9 Å². The predicted octanol–water partition coefficient (Wildman–Crippen LogP) is 3.62. The van der Waals surface area contributed by atoms with Gasteiger partial charge in [-0.25, -0.2) is 18.6 Å². The Labute approximate surface area is 252 Å². The van der Waals surface area contributed by atoms with Crippen molar-refractivity contribution in [3.05, 3.63) is 63.0 Å². The number of amidine groups is 1. The zero-order valence-electron chi connectivity index (χ0n) is 24.5. The number of aliphatic carboxylic acids is 1. The van der Waals surface area contributed by atoms with E-state index in [1.54, 1.807) is 56.3 Å². The van der Waals surface area contributed by atoms with Gasteiger partial charge in [0.1, 0.15) is 17.9 Å². The summed E-state index contributed by atoms with van der Waals surface area (Å²) in [5.41, 5.74) is -1.57. The van der Waals surface area contributed by atoms with E-state index in [4.69, 9.17) is 9.73 Å². The number of halogens is 2. The molecule has 2 fully saturated rings. The van der Waals surface area contributed by atoms with Crippen molar-refractivity contribution in [1.82, 2.24) is 20.1 Å². The van der Waals surface area contributed by atoms with Gasteiger partial charge in [-0.15, -0.1) is 11.3 Å². The van der Waals surface area contributed by atoms with Crippen LogP contribution in [0, 0.1) is 18.2 Å². The minimum absolute atomic E-state index is 0.0000577. The molecule has 2 aromatic rings. The van der Waals surface area contributed by atoms with Crippen molar-refractivity contribution in [2.24, 2.45) is 10.4 Å². The highest BCUT2D eigenvalue weighted by Gasteiger charge is 2.59. The number of benzene rings is 1. The average Bonchev–Trinajstić information content (AvgIpc) is 3.66. The van der Waals surface area contributed by atoms with E-state index < -0.39 is 46.8 Å². The fourth-order valence-electron chi connectivity index (χ4n) is 5.88. The molecule has 3 aliphatic rings. The van der Waals surface area contributed by atoms with E-state index in [9.17, 15) is 23.9 Å². The van der Waals surface area contributed by atoms with Crippen LogP contribution in [0.5, 0.6) is 0 Å². The summed E-state index contributed by atoms with van der Waals surface area (Å²) in [6, 6.07) is 2.55. The molecule has 3 aliphatic heterocycles. The van der Waals surface area contributed by atoms with E-state index in [-0.39, 0.29) is 51.2 Å². The number of nitrogens with zero attached hydrogens (tertiary/aromatic N) is 4. The van der Waals surface area contributed by atoms with Crippen LogP contribution in [0.2, 0.25) is 0 Å². The molecule has 13 heteroatoms. The second kappa shape index (κ2) is 11.8. The third kappa shape index (κ3) is 5.79. The minimum atomic E-state index is -1.82. The number of aromatic nitrogens is 1. The Hall–Kier alpha value is -3.71. The van der Waals surface area contributed by atoms with Crippen molar-refractivity contribution in [3.63, 3.8) is 0 Å². The molecule has 3 atom stereocenters. The summed E-state index contributed by atoms with van der Waals surface area (Å²) in [6.07, 6.45) is 1.90. The number of carboxylic acid groups (broad SMARTS) is 1. The minimum Gasteiger partial charge on any atom is -0.481 e. The first-order valence-corrected chi connectivity index (χ1v) is 15.1. The summed E-state index contributed by atoms with van der Waals surface area (Å²) in [5, 5.41) is 15.0. The third-order valence-electron chi connectivity index (χ3n) is 8.48. The van der Waals surface area contributed by atoms with Crippen molar-refractivity contribution in [2.45, 2.75) is 58.3 Å². The molecule has 1 aromatic carbocycles. The number of nitrogens with one attached hydrogen (secondary N) is 1. The molecule has 0 aliphatic carbocycles. The van der Waals surface area contributed by atoms with Gasteiger partial charge in [-0.1, -0.05) is 12.1 Å². The molecule has 1 amide bonds. The number of thiazole rings is 1. The molecule has 230 valence electrons. The summed E-state index contributed by atoms with van der Waals surface area (Å²) in [5.74, 6) is -2.13. The lowest BCUT2D eigenvalue weighted by molar-refractivity contribution is -0.148. The Kier molecular flexibility index (Phi) is 8.41. The zero-order chi connectivity index (χ0) is 31.1. The molecule has 43 heavy (non-hydrogen) atoms. The van der Waals surface area contributed by atoms with E-state index in [1.165, 1.54) is 22.3 Å². The highest BCUT2D eigenvalue weighted by molar-refractivity contribution is 7.11. The molecule has 0 bridgehead atoms. The van der Waals surface area contributed by atoms with E-state index in [0.29, 0.717) is 27.7 Å². The molecule has 4 heterocycles. The Morgan fingerprint density at radius 2 is 2.09 bits per heavy atom. The fourth-order valence-corrected chi connectivity index (χ4v) is 6.47. The lowest BCUT2D eigenvalue weighted by Gasteiger charge is -2.31. The largest absolute Gasteiger partial charge is 0.481 e. The maximum atomic E-state index is 16.3. The van der Waals surface area contributed by atoms with Gasteiger partial charge in [-0.05, 0) is 57.7 Å². The van der Waals surface area contributed by atoms with E-state index in [2.05, 4.69) is 10.3 Å².